The average molecular weight is 335 g/mol. The quantitative estimate of drug-likeness (QED) is 0.476. The number of benzene rings is 1. The van der Waals surface area contributed by atoms with E-state index in [1.54, 1.807) is 6.92 Å². The highest BCUT2D eigenvalue weighted by Gasteiger charge is 2.27. The highest BCUT2D eigenvalue weighted by atomic mass is 35.5. The van der Waals surface area contributed by atoms with Crippen LogP contribution in [0.2, 0.25) is 0 Å². The van der Waals surface area contributed by atoms with Gasteiger partial charge in [-0.25, -0.2) is 13.4 Å². The van der Waals surface area contributed by atoms with E-state index in [-0.39, 0.29) is 22.9 Å². The van der Waals surface area contributed by atoms with Crippen LogP contribution in [0.3, 0.4) is 0 Å². The summed E-state index contributed by atoms with van der Waals surface area (Å²) >= 11 is 6.78. The molecule has 0 saturated heterocycles. The third-order valence-electron chi connectivity index (χ3n) is 2.65. The monoisotopic (exact) mass is 334 g/mol. The van der Waals surface area contributed by atoms with Crippen LogP contribution in [0.1, 0.15) is 11.4 Å². The Morgan fingerprint density at radius 1 is 1.45 bits per heavy atom. The lowest BCUT2D eigenvalue weighted by Crippen LogP contribution is -2.10. The minimum atomic E-state index is -3.74. The fourth-order valence-electron chi connectivity index (χ4n) is 1.81. The van der Waals surface area contributed by atoms with Gasteiger partial charge >= 0.3 is 0 Å². The van der Waals surface area contributed by atoms with Crippen molar-refractivity contribution in [2.75, 3.05) is 11.6 Å². The first-order valence-corrected chi connectivity index (χ1v) is 8.70. The van der Waals surface area contributed by atoms with Crippen molar-refractivity contribution >= 4 is 48.7 Å². The van der Waals surface area contributed by atoms with Gasteiger partial charge in [-0.2, -0.15) is 0 Å². The molecule has 2 rings (SSSR count). The Bertz CT molecular complexity index is 770. The fraction of sp³-hybridized carbons (Fsp3) is 0.364. The summed E-state index contributed by atoms with van der Waals surface area (Å²) in [6.45, 7) is 1.76. The van der Waals surface area contributed by atoms with Crippen LogP contribution in [0.25, 0.3) is 10.2 Å². The molecule has 0 fully saturated rings. The van der Waals surface area contributed by atoms with Crippen LogP contribution in [0.5, 0.6) is 0 Å². The molecule has 0 unspecified atom stereocenters. The van der Waals surface area contributed by atoms with E-state index in [0.29, 0.717) is 10.2 Å². The lowest BCUT2D eigenvalue weighted by molar-refractivity contribution is -0.387. The second-order valence-corrected chi connectivity index (χ2v) is 7.83. The van der Waals surface area contributed by atoms with Crippen LogP contribution in [0.4, 0.5) is 5.69 Å². The second-order valence-electron chi connectivity index (χ2n) is 4.14. The summed E-state index contributed by atoms with van der Waals surface area (Å²) in [6.07, 6.45) is 0.245. The molecule has 20 heavy (non-hydrogen) atoms. The average Bonchev–Trinajstić information content (AvgIpc) is 2.74. The highest BCUT2D eigenvalue weighted by Crippen LogP contribution is 2.33. The summed E-state index contributed by atoms with van der Waals surface area (Å²) < 4.78 is 25.0. The normalized spacial score (nSPS) is 11.9. The first kappa shape index (κ1) is 15.1. The van der Waals surface area contributed by atoms with Crippen molar-refractivity contribution in [3.63, 3.8) is 0 Å². The summed E-state index contributed by atoms with van der Waals surface area (Å²) in [5, 5.41) is 11.8. The van der Waals surface area contributed by atoms with Gasteiger partial charge < -0.3 is 0 Å². The van der Waals surface area contributed by atoms with Gasteiger partial charge in [0.05, 0.1) is 25.9 Å². The molecule has 1 aromatic carbocycles. The molecule has 2 aromatic rings. The molecule has 1 aromatic heterocycles. The summed E-state index contributed by atoms with van der Waals surface area (Å²) in [5.41, 5.74) is 0.0540. The third-order valence-corrected chi connectivity index (χ3v) is 5.68. The standard InChI is InChI=1S/C11H11ClN2O4S2/c1-7-13-8-5-11(20(17,18)4-2-3-12)9(14(15)16)6-10(8)19-7/h5-6H,2-4H2,1H3. The zero-order chi connectivity index (χ0) is 14.9. The van der Waals surface area contributed by atoms with Crippen LogP contribution in [-0.2, 0) is 9.84 Å². The van der Waals surface area contributed by atoms with Gasteiger partial charge in [-0.05, 0) is 19.4 Å². The highest BCUT2D eigenvalue weighted by molar-refractivity contribution is 7.91. The molecule has 0 N–H and O–H groups in total. The number of fused-ring (bicyclic) bond motifs is 1. The number of hydrogen-bond donors (Lipinski definition) is 0. The Morgan fingerprint density at radius 3 is 2.75 bits per heavy atom. The van der Waals surface area contributed by atoms with Crippen LogP contribution in [0, 0.1) is 17.0 Å². The number of sulfone groups is 1. The molecule has 1 heterocycles. The number of halogens is 1. The summed E-state index contributed by atoms with van der Waals surface area (Å²) in [4.78, 5) is 14.3. The molecule has 108 valence electrons. The predicted octanol–water partition coefficient (Wildman–Crippen LogP) is 2.92. The van der Waals surface area contributed by atoms with Crippen LogP contribution < -0.4 is 0 Å². The smallest absolute Gasteiger partial charge is 0.258 e. The van der Waals surface area contributed by atoms with Gasteiger partial charge in [-0.15, -0.1) is 22.9 Å². The van der Waals surface area contributed by atoms with Crippen molar-refractivity contribution in [3.8, 4) is 0 Å². The van der Waals surface area contributed by atoms with Crippen molar-refractivity contribution < 1.29 is 13.3 Å². The molecule has 0 atom stereocenters. The number of thiazole rings is 1. The Morgan fingerprint density at radius 2 is 2.15 bits per heavy atom. The van der Waals surface area contributed by atoms with Crippen LogP contribution >= 0.6 is 22.9 Å². The number of rotatable bonds is 5. The largest absolute Gasteiger partial charge is 0.289 e. The van der Waals surface area contributed by atoms with Gasteiger partial charge in [-0.1, -0.05) is 0 Å². The number of hydrogen-bond acceptors (Lipinski definition) is 6. The Hall–Kier alpha value is -1.25. The van der Waals surface area contributed by atoms with Crippen molar-refractivity contribution in [1.29, 1.82) is 0 Å². The van der Waals surface area contributed by atoms with Crippen molar-refractivity contribution in [2.24, 2.45) is 0 Å². The number of alkyl halides is 1. The van der Waals surface area contributed by atoms with Crippen molar-refractivity contribution in [3.05, 3.63) is 27.3 Å². The third kappa shape index (κ3) is 2.92. The SMILES string of the molecule is Cc1nc2cc(S(=O)(=O)CCCCl)c([N+](=O)[O-])cc2s1. The number of aromatic nitrogens is 1. The fourth-order valence-corrected chi connectivity index (χ4v) is 4.43. The summed E-state index contributed by atoms with van der Waals surface area (Å²) in [7, 11) is -3.74. The van der Waals surface area contributed by atoms with E-state index in [4.69, 9.17) is 11.6 Å². The number of nitrogens with zero attached hydrogens (tertiary/aromatic N) is 2. The molecule has 0 aliphatic rings. The van der Waals surface area contributed by atoms with Crippen molar-refractivity contribution in [1.82, 2.24) is 4.98 Å². The molecule has 0 amide bonds. The van der Waals surface area contributed by atoms with Gasteiger partial charge in [-0.3, -0.25) is 10.1 Å². The van der Waals surface area contributed by atoms with E-state index in [2.05, 4.69) is 4.98 Å². The van der Waals surface area contributed by atoms with Crippen molar-refractivity contribution in [2.45, 2.75) is 18.2 Å². The maximum Gasteiger partial charge on any atom is 0.289 e. The zero-order valence-corrected chi connectivity index (χ0v) is 12.9. The first-order chi connectivity index (χ1) is 9.35. The minimum absolute atomic E-state index is 0.186. The molecule has 0 spiro atoms. The van der Waals surface area contributed by atoms with Crippen LogP contribution in [0.15, 0.2) is 17.0 Å². The summed E-state index contributed by atoms with van der Waals surface area (Å²) in [6, 6.07) is 2.55. The van der Waals surface area contributed by atoms with E-state index in [1.165, 1.54) is 23.5 Å². The van der Waals surface area contributed by atoms with Crippen LogP contribution in [-0.4, -0.2) is 30.0 Å². The predicted molar refractivity (Wildman–Crippen MR) is 78.4 cm³/mol. The minimum Gasteiger partial charge on any atom is -0.258 e. The van der Waals surface area contributed by atoms with Gasteiger partial charge in [0.15, 0.2) is 9.84 Å². The van der Waals surface area contributed by atoms with Gasteiger partial charge in [0, 0.05) is 11.9 Å². The molecular weight excluding hydrogens is 324 g/mol. The maximum atomic E-state index is 12.2. The second kappa shape index (κ2) is 5.63. The van der Waals surface area contributed by atoms with E-state index in [9.17, 15) is 18.5 Å². The summed E-state index contributed by atoms with van der Waals surface area (Å²) in [5.74, 6) is -0.0307. The Kier molecular flexibility index (Phi) is 4.26. The van der Waals surface area contributed by atoms with E-state index >= 15 is 0 Å². The Balaban J connectivity index is 2.66. The molecule has 0 aliphatic carbocycles. The van der Waals surface area contributed by atoms with E-state index < -0.39 is 20.4 Å². The zero-order valence-electron chi connectivity index (χ0n) is 10.5. The van der Waals surface area contributed by atoms with Gasteiger partial charge in [0.25, 0.3) is 5.69 Å². The molecule has 0 radical (unpaired) electrons. The molecule has 6 nitrogen and oxygen atoms in total. The van der Waals surface area contributed by atoms with E-state index in [1.807, 2.05) is 0 Å². The molecular formula is C11H11ClN2O4S2. The topological polar surface area (TPSA) is 90.2 Å². The molecule has 0 bridgehead atoms. The number of aryl methyl sites for hydroxylation is 1. The molecule has 0 aliphatic heterocycles. The molecule has 0 saturated carbocycles. The first-order valence-electron chi connectivity index (χ1n) is 5.69. The Labute approximate surface area is 124 Å². The molecule has 9 heteroatoms. The number of nitro benzene ring substituents is 1. The lowest BCUT2D eigenvalue weighted by atomic mass is 10.3. The maximum absolute atomic E-state index is 12.2. The number of nitro groups is 1. The van der Waals surface area contributed by atoms with E-state index in [0.717, 1.165) is 5.01 Å². The lowest BCUT2D eigenvalue weighted by Gasteiger charge is -2.04. The van der Waals surface area contributed by atoms with Gasteiger partial charge in [0.2, 0.25) is 0 Å². The van der Waals surface area contributed by atoms with Gasteiger partial charge in [0.1, 0.15) is 4.90 Å².